The molecule has 2 fully saturated rings. The molecule has 0 spiro atoms. The van der Waals surface area contributed by atoms with Crippen molar-refractivity contribution in [3.8, 4) is 0 Å². The summed E-state index contributed by atoms with van der Waals surface area (Å²) in [6.45, 7) is 5.64. The normalized spacial score (nSPS) is 36.0. The number of halogens is 2. The molecular formula is C11H19F2NO. The number of piperidine rings is 1. The number of rotatable bonds is 3. The van der Waals surface area contributed by atoms with Crippen LogP contribution in [0, 0.1) is 17.8 Å². The Morgan fingerprint density at radius 3 is 2.20 bits per heavy atom. The molecule has 1 saturated carbocycles. The predicted molar refractivity (Wildman–Crippen MR) is 53.8 cm³/mol. The zero-order valence-corrected chi connectivity index (χ0v) is 9.54. The van der Waals surface area contributed by atoms with Gasteiger partial charge in [-0.15, -0.1) is 0 Å². The van der Waals surface area contributed by atoms with Crippen molar-refractivity contribution in [1.82, 2.24) is 4.90 Å². The second kappa shape index (κ2) is 3.67. The van der Waals surface area contributed by atoms with Gasteiger partial charge >= 0.3 is 0 Å². The van der Waals surface area contributed by atoms with Gasteiger partial charge in [-0.05, 0) is 38.5 Å². The smallest absolute Gasteiger partial charge is 0.294 e. The van der Waals surface area contributed by atoms with E-state index in [0.29, 0.717) is 30.8 Å². The fourth-order valence-corrected chi connectivity index (χ4v) is 2.43. The molecule has 2 nitrogen and oxygen atoms in total. The molecule has 0 aromatic rings. The molecule has 0 aromatic carbocycles. The molecule has 0 unspecified atom stereocenters. The molecule has 0 bridgehead atoms. The van der Waals surface area contributed by atoms with Gasteiger partial charge in [-0.25, -0.2) is 4.90 Å². The lowest BCUT2D eigenvalue weighted by molar-refractivity contribution is -0.0372. The summed E-state index contributed by atoms with van der Waals surface area (Å²) in [5.74, 6) is 1.45. The van der Waals surface area contributed by atoms with Gasteiger partial charge in [0.1, 0.15) is 0 Å². The number of hydrogen-bond acceptors (Lipinski definition) is 2. The summed E-state index contributed by atoms with van der Waals surface area (Å²) >= 11 is 0. The molecule has 3 atom stereocenters. The molecule has 2 rings (SSSR count). The average molecular weight is 219 g/mol. The molecule has 15 heavy (non-hydrogen) atoms. The van der Waals surface area contributed by atoms with Gasteiger partial charge < -0.3 is 4.74 Å². The molecule has 1 heterocycles. The van der Waals surface area contributed by atoms with Crippen molar-refractivity contribution < 1.29 is 13.5 Å². The number of nitrogens with zero attached hydrogens (tertiary/aromatic N) is 1. The predicted octanol–water partition coefficient (Wildman–Crippen LogP) is 2.20. The van der Waals surface area contributed by atoms with E-state index in [9.17, 15) is 8.78 Å². The minimum atomic E-state index is -2.28. The monoisotopic (exact) mass is 219 g/mol. The SMILES string of the molecule is CC(C)(C)OC[C@@H]1[C@H]2CN(C(F)F)C[C@@H]12. The number of likely N-dealkylation sites (tertiary alicyclic amines) is 1. The van der Waals surface area contributed by atoms with Crippen LogP contribution < -0.4 is 0 Å². The molecule has 1 saturated heterocycles. The van der Waals surface area contributed by atoms with Crippen LogP contribution in [-0.2, 0) is 4.74 Å². The van der Waals surface area contributed by atoms with E-state index in [2.05, 4.69) is 0 Å². The minimum absolute atomic E-state index is 0.112. The topological polar surface area (TPSA) is 12.5 Å². The highest BCUT2D eigenvalue weighted by atomic mass is 19.3. The fourth-order valence-electron chi connectivity index (χ4n) is 2.43. The van der Waals surface area contributed by atoms with Crippen LogP contribution in [0.4, 0.5) is 8.78 Å². The molecule has 0 amide bonds. The first-order chi connectivity index (χ1) is 6.88. The third-order valence-electron chi connectivity index (χ3n) is 3.38. The van der Waals surface area contributed by atoms with E-state index in [0.717, 1.165) is 6.61 Å². The molecule has 0 radical (unpaired) electrons. The Morgan fingerprint density at radius 1 is 1.27 bits per heavy atom. The van der Waals surface area contributed by atoms with Gasteiger partial charge in [0.25, 0.3) is 6.55 Å². The lowest BCUT2D eigenvalue weighted by atomic mass is 10.2. The Kier molecular flexibility index (Phi) is 2.75. The highest BCUT2D eigenvalue weighted by Gasteiger charge is 2.56. The summed E-state index contributed by atoms with van der Waals surface area (Å²) in [6.07, 6.45) is 0. The largest absolute Gasteiger partial charge is 0.376 e. The lowest BCUT2D eigenvalue weighted by Crippen LogP contribution is -2.31. The van der Waals surface area contributed by atoms with E-state index in [4.69, 9.17) is 4.74 Å². The molecule has 4 heteroatoms. The minimum Gasteiger partial charge on any atom is -0.376 e. The quantitative estimate of drug-likeness (QED) is 0.675. The summed E-state index contributed by atoms with van der Waals surface area (Å²) in [6, 6.07) is 0. The molecule has 1 aliphatic carbocycles. The maximum atomic E-state index is 12.3. The van der Waals surface area contributed by atoms with Crippen molar-refractivity contribution in [2.75, 3.05) is 19.7 Å². The van der Waals surface area contributed by atoms with E-state index in [1.165, 1.54) is 4.90 Å². The third kappa shape index (κ3) is 2.48. The Balaban J connectivity index is 1.71. The van der Waals surface area contributed by atoms with Gasteiger partial charge in [0.2, 0.25) is 0 Å². The van der Waals surface area contributed by atoms with Crippen molar-refractivity contribution in [3.63, 3.8) is 0 Å². The first-order valence-corrected chi connectivity index (χ1v) is 5.54. The van der Waals surface area contributed by atoms with E-state index >= 15 is 0 Å². The maximum absolute atomic E-state index is 12.3. The Labute approximate surface area is 89.6 Å². The molecule has 1 aliphatic heterocycles. The maximum Gasteiger partial charge on any atom is 0.294 e. The van der Waals surface area contributed by atoms with Crippen LogP contribution in [0.2, 0.25) is 0 Å². The van der Waals surface area contributed by atoms with Gasteiger partial charge in [-0.1, -0.05) is 0 Å². The van der Waals surface area contributed by atoms with Crippen LogP contribution in [0.25, 0.3) is 0 Å². The van der Waals surface area contributed by atoms with Gasteiger partial charge in [0.15, 0.2) is 0 Å². The van der Waals surface area contributed by atoms with Gasteiger partial charge in [-0.3, -0.25) is 0 Å². The molecule has 2 aliphatic rings. The molecule has 88 valence electrons. The van der Waals surface area contributed by atoms with Crippen molar-refractivity contribution in [3.05, 3.63) is 0 Å². The van der Waals surface area contributed by atoms with Crippen LogP contribution in [0.3, 0.4) is 0 Å². The molecular weight excluding hydrogens is 200 g/mol. The second-order valence-electron chi connectivity index (χ2n) is 5.65. The van der Waals surface area contributed by atoms with Crippen LogP contribution >= 0.6 is 0 Å². The van der Waals surface area contributed by atoms with E-state index in [-0.39, 0.29) is 5.60 Å². The standard InChI is InChI=1S/C11H19F2NO/c1-11(2,3)15-6-9-7-4-14(10(12)13)5-8(7)9/h7-10H,4-6H2,1-3H3/t7-,8+,9+. The first kappa shape index (κ1) is 11.3. The summed E-state index contributed by atoms with van der Waals surface area (Å²) in [4.78, 5) is 1.27. The highest BCUT2D eigenvalue weighted by molar-refractivity contribution is 5.04. The lowest BCUT2D eigenvalue weighted by Gasteiger charge is -2.22. The van der Waals surface area contributed by atoms with Gasteiger partial charge in [0.05, 0.1) is 12.2 Å². The highest BCUT2D eigenvalue weighted by Crippen LogP contribution is 2.52. The zero-order valence-electron chi connectivity index (χ0n) is 9.54. The van der Waals surface area contributed by atoms with Crippen LogP contribution in [0.1, 0.15) is 20.8 Å². The molecule has 0 N–H and O–H groups in total. The van der Waals surface area contributed by atoms with E-state index < -0.39 is 6.55 Å². The van der Waals surface area contributed by atoms with Crippen molar-refractivity contribution >= 4 is 0 Å². The van der Waals surface area contributed by atoms with Crippen molar-refractivity contribution in [2.45, 2.75) is 32.9 Å². The summed E-state index contributed by atoms with van der Waals surface area (Å²) in [5.41, 5.74) is -0.112. The Morgan fingerprint density at radius 2 is 1.80 bits per heavy atom. The first-order valence-electron chi connectivity index (χ1n) is 5.54. The summed E-state index contributed by atoms with van der Waals surface area (Å²) in [7, 11) is 0. The fraction of sp³-hybridized carbons (Fsp3) is 1.00. The van der Waals surface area contributed by atoms with E-state index in [1.807, 2.05) is 20.8 Å². The van der Waals surface area contributed by atoms with E-state index in [1.54, 1.807) is 0 Å². The number of ether oxygens (including phenoxy) is 1. The third-order valence-corrected chi connectivity index (χ3v) is 3.38. The Hall–Kier alpha value is -0.220. The van der Waals surface area contributed by atoms with Gasteiger partial charge in [0, 0.05) is 13.1 Å². The van der Waals surface area contributed by atoms with Crippen LogP contribution in [-0.4, -0.2) is 36.7 Å². The number of alkyl halides is 2. The van der Waals surface area contributed by atoms with Gasteiger partial charge in [-0.2, -0.15) is 8.78 Å². The molecule has 0 aromatic heterocycles. The summed E-state index contributed by atoms with van der Waals surface area (Å²) < 4.78 is 30.3. The van der Waals surface area contributed by atoms with Crippen molar-refractivity contribution in [1.29, 1.82) is 0 Å². The van der Waals surface area contributed by atoms with Crippen molar-refractivity contribution in [2.24, 2.45) is 17.8 Å². The Bertz CT molecular complexity index is 227. The average Bonchev–Trinajstić information content (AvgIpc) is 2.55. The number of hydrogen-bond donors (Lipinski definition) is 0. The van der Waals surface area contributed by atoms with Crippen LogP contribution in [0.15, 0.2) is 0 Å². The summed E-state index contributed by atoms with van der Waals surface area (Å²) in [5, 5.41) is 0. The van der Waals surface area contributed by atoms with Crippen LogP contribution in [0.5, 0.6) is 0 Å². The zero-order chi connectivity index (χ0) is 11.2. The second-order valence-corrected chi connectivity index (χ2v) is 5.65. The number of fused-ring (bicyclic) bond motifs is 1.